The summed E-state index contributed by atoms with van der Waals surface area (Å²) in [5, 5.41) is 6.89. The van der Waals surface area contributed by atoms with Crippen LogP contribution in [0.25, 0.3) is 0 Å². The Labute approximate surface area is 149 Å². The average molecular weight is 357 g/mol. The molecule has 0 aliphatic carbocycles. The minimum absolute atomic E-state index is 0.0943. The van der Waals surface area contributed by atoms with E-state index in [2.05, 4.69) is 28.8 Å². The first-order chi connectivity index (χ1) is 12.1. The Morgan fingerprint density at radius 1 is 1.20 bits per heavy atom. The van der Waals surface area contributed by atoms with E-state index < -0.39 is 10.0 Å². The highest BCUT2D eigenvalue weighted by Crippen LogP contribution is 2.34. The third-order valence-corrected chi connectivity index (χ3v) is 7.01. The van der Waals surface area contributed by atoms with Gasteiger partial charge >= 0.3 is 0 Å². The van der Waals surface area contributed by atoms with E-state index >= 15 is 0 Å². The molecular formula is C19H23N3O2S. The molecule has 0 spiro atoms. The Morgan fingerprint density at radius 2 is 2.04 bits per heavy atom. The molecule has 5 nitrogen and oxygen atoms in total. The van der Waals surface area contributed by atoms with E-state index in [-0.39, 0.29) is 11.8 Å². The summed E-state index contributed by atoms with van der Waals surface area (Å²) in [5.41, 5.74) is 5.84. The highest BCUT2D eigenvalue weighted by atomic mass is 32.2. The van der Waals surface area contributed by atoms with Gasteiger partial charge in [0.15, 0.2) is 0 Å². The van der Waals surface area contributed by atoms with Crippen LogP contribution >= 0.6 is 0 Å². The lowest BCUT2D eigenvalue weighted by Crippen LogP contribution is -2.41. The van der Waals surface area contributed by atoms with Gasteiger partial charge in [-0.1, -0.05) is 36.4 Å². The van der Waals surface area contributed by atoms with Crippen LogP contribution in [0.3, 0.4) is 0 Å². The van der Waals surface area contributed by atoms with Gasteiger partial charge in [0.1, 0.15) is 0 Å². The zero-order chi connectivity index (χ0) is 17.4. The van der Waals surface area contributed by atoms with Crippen molar-refractivity contribution in [1.82, 2.24) is 10.6 Å². The molecule has 4 rings (SSSR count). The van der Waals surface area contributed by atoms with Crippen molar-refractivity contribution in [3.05, 3.63) is 64.7 Å². The van der Waals surface area contributed by atoms with Gasteiger partial charge < -0.3 is 10.6 Å². The largest absolute Gasteiger partial charge is 0.312 e. The summed E-state index contributed by atoms with van der Waals surface area (Å²) in [5.74, 6) is 0.0943. The van der Waals surface area contributed by atoms with E-state index in [0.29, 0.717) is 6.54 Å². The minimum atomic E-state index is -3.28. The van der Waals surface area contributed by atoms with Gasteiger partial charge in [0.05, 0.1) is 17.5 Å². The van der Waals surface area contributed by atoms with Crippen molar-refractivity contribution in [2.24, 2.45) is 0 Å². The number of rotatable bonds is 3. The number of anilines is 1. The summed E-state index contributed by atoms with van der Waals surface area (Å²) < 4.78 is 26.4. The van der Waals surface area contributed by atoms with Gasteiger partial charge in [-0.05, 0) is 41.3 Å². The predicted octanol–water partition coefficient (Wildman–Crippen LogP) is 1.94. The molecule has 2 N–H and O–H groups in total. The molecular weight excluding hydrogens is 334 g/mol. The van der Waals surface area contributed by atoms with Gasteiger partial charge in [-0.2, -0.15) is 0 Å². The molecule has 1 unspecified atom stereocenters. The molecule has 0 bridgehead atoms. The fourth-order valence-electron chi connectivity index (χ4n) is 3.81. The molecule has 0 aromatic heterocycles. The van der Waals surface area contributed by atoms with E-state index in [1.165, 1.54) is 21.0 Å². The number of para-hydroxylation sites is 1. The Hall–Kier alpha value is -1.89. The van der Waals surface area contributed by atoms with Crippen molar-refractivity contribution < 1.29 is 8.42 Å². The molecule has 25 heavy (non-hydrogen) atoms. The van der Waals surface area contributed by atoms with Gasteiger partial charge in [0.25, 0.3) is 0 Å². The fraction of sp³-hybridized carbons (Fsp3) is 0.368. The normalized spacial score (nSPS) is 21.5. The van der Waals surface area contributed by atoms with Crippen molar-refractivity contribution in [1.29, 1.82) is 0 Å². The first kappa shape index (κ1) is 16.6. The third-order valence-electron chi connectivity index (χ3n) is 5.22. The first-order valence-electron chi connectivity index (χ1n) is 8.65. The standard InChI is InChI=1S/C19H23N3O2S/c1-22-19-8-3-2-7-17(19)18(13-25(22,23)24)21-12-15-6-4-5-14-11-20-10-9-16(14)15/h2-8,18,20-21H,9-13H2,1H3. The average Bonchev–Trinajstić information content (AvgIpc) is 2.63. The maximum absolute atomic E-state index is 12.5. The molecule has 1 atom stereocenters. The predicted molar refractivity (Wildman–Crippen MR) is 100 cm³/mol. The number of nitrogens with zero attached hydrogens (tertiary/aromatic N) is 1. The van der Waals surface area contributed by atoms with Crippen LogP contribution in [0.2, 0.25) is 0 Å². The second-order valence-corrected chi connectivity index (χ2v) is 8.76. The van der Waals surface area contributed by atoms with E-state index in [0.717, 1.165) is 30.8 Å². The van der Waals surface area contributed by atoms with Crippen LogP contribution in [0.4, 0.5) is 5.69 Å². The van der Waals surface area contributed by atoms with Crippen LogP contribution in [0.5, 0.6) is 0 Å². The van der Waals surface area contributed by atoms with Crippen LogP contribution in [0.15, 0.2) is 42.5 Å². The molecule has 0 fully saturated rings. The van der Waals surface area contributed by atoms with Gasteiger partial charge in [0.2, 0.25) is 10.0 Å². The summed E-state index contributed by atoms with van der Waals surface area (Å²) in [6.07, 6.45) is 1.02. The summed E-state index contributed by atoms with van der Waals surface area (Å²) in [6, 6.07) is 14.0. The van der Waals surface area contributed by atoms with Crippen LogP contribution in [0, 0.1) is 0 Å². The maximum atomic E-state index is 12.5. The fourth-order valence-corrected chi connectivity index (χ4v) is 5.22. The summed E-state index contributed by atoms with van der Waals surface area (Å²) in [7, 11) is -1.65. The first-order valence-corrected chi connectivity index (χ1v) is 10.3. The summed E-state index contributed by atoms with van der Waals surface area (Å²) >= 11 is 0. The number of hydrogen-bond acceptors (Lipinski definition) is 4. The second-order valence-electron chi connectivity index (χ2n) is 6.72. The smallest absolute Gasteiger partial charge is 0.236 e. The molecule has 2 aromatic carbocycles. The van der Waals surface area contributed by atoms with Crippen molar-refractivity contribution in [2.45, 2.75) is 25.6 Å². The number of fused-ring (bicyclic) bond motifs is 2. The lowest BCUT2D eigenvalue weighted by molar-refractivity contribution is 0.535. The third kappa shape index (κ3) is 3.05. The van der Waals surface area contributed by atoms with Gasteiger partial charge in [-0.3, -0.25) is 4.31 Å². The van der Waals surface area contributed by atoms with Crippen LogP contribution in [-0.4, -0.2) is 27.8 Å². The summed E-state index contributed by atoms with van der Waals surface area (Å²) in [4.78, 5) is 0. The molecule has 2 aromatic rings. The Bertz CT molecular complexity index is 895. The van der Waals surface area contributed by atoms with E-state index in [1.807, 2.05) is 24.3 Å². The number of nitrogens with one attached hydrogen (secondary N) is 2. The van der Waals surface area contributed by atoms with Gasteiger partial charge in [0, 0.05) is 20.1 Å². The van der Waals surface area contributed by atoms with Gasteiger partial charge in [-0.25, -0.2) is 8.42 Å². The molecule has 2 aliphatic rings. The zero-order valence-corrected chi connectivity index (χ0v) is 15.1. The summed E-state index contributed by atoms with van der Waals surface area (Å²) in [6.45, 7) is 2.59. The Balaban J connectivity index is 1.61. The highest BCUT2D eigenvalue weighted by Gasteiger charge is 2.33. The second kappa shape index (κ2) is 6.44. The molecule has 6 heteroatoms. The zero-order valence-electron chi connectivity index (χ0n) is 14.3. The maximum Gasteiger partial charge on any atom is 0.236 e. The number of sulfonamides is 1. The number of benzene rings is 2. The Morgan fingerprint density at radius 3 is 2.92 bits per heavy atom. The molecule has 0 radical (unpaired) electrons. The molecule has 0 saturated heterocycles. The van der Waals surface area contributed by atoms with E-state index in [9.17, 15) is 8.42 Å². The Kier molecular flexibility index (Phi) is 4.27. The quantitative estimate of drug-likeness (QED) is 0.881. The van der Waals surface area contributed by atoms with Crippen molar-refractivity contribution in [3.8, 4) is 0 Å². The van der Waals surface area contributed by atoms with E-state index in [4.69, 9.17) is 0 Å². The van der Waals surface area contributed by atoms with Crippen LogP contribution in [-0.2, 0) is 29.5 Å². The van der Waals surface area contributed by atoms with Crippen molar-refractivity contribution >= 4 is 15.7 Å². The topological polar surface area (TPSA) is 61.4 Å². The molecule has 2 heterocycles. The minimum Gasteiger partial charge on any atom is -0.312 e. The molecule has 0 saturated carbocycles. The molecule has 2 aliphatic heterocycles. The van der Waals surface area contributed by atoms with Gasteiger partial charge in [-0.15, -0.1) is 0 Å². The van der Waals surface area contributed by atoms with Crippen LogP contribution < -0.4 is 14.9 Å². The molecule has 132 valence electrons. The van der Waals surface area contributed by atoms with Crippen molar-refractivity contribution in [2.75, 3.05) is 23.7 Å². The molecule has 0 amide bonds. The van der Waals surface area contributed by atoms with Crippen LogP contribution in [0.1, 0.15) is 28.3 Å². The SMILES string of the molecule is CN1c2ccccc2C(NCc2cccc3c2CCNC3)CS1(=O)=O. The number of hydrogen-bond donors (Lipinski definition) is 2. The van der Waals surface area contributed by atoms with Crippen molar-refractivity contribution in [3.63, 3.8) is 0 Å². The highest BCUT2D eigenvalue weighted by molar-refractivity contribution is 7.92. The lowest BCUT2D eigenvalue weighted by atomic mass is 9.95. The van der Waals surface area contributed by atoms with E-state index in [1.54, 1.807) is 7.05 Å². The monoisotopic (exact) mass is 357 g/mol. The lowest BCUT2D eigenvalue weighted by Gasteiger charge is -2.33.